The van der Waals surface area contributed by atoms with E-state index in [4.69, 9.17) is 4.74 Å². The number of thiophene rings is 1. The molecule has 1 aliphatic heterocycles. The molecule has 0 saturated carbocycles. The molecular formula is C17H12F4N2OS2. The number of anilines is 1. The summed E-state index contributed by atoms with van der Waals surface area (Å²) in [6.07, 6.45) is -4.65. The molecule has 1 aromatic carbocycles. The van der Waals surface area contributed by atoms with Crippen LogP contribution in [0.5, 0.6) is 5.75 Å². The van der Waals surface area contributed by atoms with E-state index >= 15 is 0 Å². The van der Waals surface area contributed by atoms with Crippen LogP contribution in [-0.4, -0.2) is 19.4 Å². The summed E-state index contributed by atoms with van der Waals surface area (Å²) >= 11 is 1.30. The van der Waals surface area contributed by atoms with Gasteiger partial charge >= 0.3 is 6.18 Å². The summed E-state index contributed by atoms with van der Waals surface area (Å²) in [5.41, 5.74) is 0.242. The van der Waals surface area contributed by atoms with Gasteiger partial charge in [0, 0.05) is 17.9 Å². The maximum atomic E-state index is 14.2. The van der Waals surface area contributed by atoms with Gasteiger partial charge in [0.2, 0.25) is 0 Å². The number of allylic oxidation sites excluding steroid dienone is 1. The van der Waals surface area contributed by atoms with Crippen molar-refractivity contribution in [2.75, 3.05) is 24.3 Å². The first-order valence-corrected chi connectivity index (χ1v) is 9.21. The quantitative estimate of drug-likeness (QED) is 0.513. The highest BCUT2D eigenvalue weighted by molar-refractivity contribution is 8.03. The van der Waals surface area contributed by atoms with Gasteiger partial charge in [-0.2, -0.15) is 22.8 Å². The fourth-order valence-corrected chi connectivity index (χ4v) is 4.47. The van der Waals surface area contributed by atoms with E-state index in [1.165, 1.54) is 18.9 Å². The number of hydrogen-bond donors (Lipinski definition) is 0. The molecule has 2 aromatic rings. The molecule has 9 heteroatoms. The molecule has 3 nitrogen and oxygen atoms in total. The number of rotatable bonds is 3. The first kappa shape index (κ1) is 18.6. The van der Waals surface area contributed by atoms with Crippen LogP contribution in [0.15, 0.2) is 35.4 Å². The molecule has 0 spiro atoms. The van der Waals surface area contributed by atoms with Crippen LogP contribution in [0.3, 0.4) is 0 Å². The lowest BCUT2D eigenvalue weighted by Gasteiger charge is -2.22. The number of nitriles is 1. The number of halogens is 4. The van der Waals surface area contributed by atoms with Crippen molar-refractivity contribution in [3.63, 3.8) is 0 Å². The number of benzene rings is 1. The highest BCUT2D eigenvalue weighted by atomic mass is 32.2. The second-order valence-electron chi connectivity index (χ2n) is 5.26. The van der Waals surface area contributed by atoms with Gasteiger partial charge in [-0.3, -0.25) is 0 Å². The molecule has 1 saturated heterocycles. The first-order chi connectivity index (χ1) is 12.4. The zero-order chi connectivity index (χ0) is 18.9. The van der Waals surface area contributed by atoms with Crippen LogP contribution in [0.1, 0.15) is 10.4 Å². The lowest BCUT2D eigenvalue weighted by Crippen LogP contribution is -2.18. The van der Waals surface area contributed by atoms with Crippen molar-refractivity contribution in [2.24, 2.45) is 0 Å². The fourth-order valence-electron chi connectivity index (χ4n) is 2.61. The summed E-state index contributed by atoms with van der Waals surface area (Å²) in [6.45, 7) is 0.531. The maximum Gasteiger partial charge on any atom is 0.425 e. The fraction of sp³-hybridized carbons (Fsp3) is 0.235. The van der Waals surface area contributed by atoms with E-state index in [1.54, 1.807) is 29.2 Å². The number of nitrogens with zero attached hydrogens (tertiary/aromatic N) is 2. The predicted octanol–water partition coefficient (Wildman–Crippen LogP) is 5.36. The molecule has 0 amide bonds. The van der Waals surface area contributed by atoms with Crippen molar-refractivity contribution < 1.29 is 22.3 Å². The molecule has 136 valence electrons. The minimum Gasteiger partial charge on any atom is -0.495 e. The Labute approximate surface area is 155 Å². The topological polar surface area (TPSA) is 36.3 Å². The molecule has 0 radical (unpaired) electrons. The van der Waals surface area contributed by atoms with Crippen molar-refractivity contribution >= 4 is 34.4 Å². The Morgan fingerprint density at radius 3 is 2.65 bits per heavy atom. The van der Waals surface area contributed by atoms with Gasteiger partial charge in [0.25, 0.3) is 0 Å². The van der Waals surface area contributed by atoms with Crippen LogP contribution in [0.2, 0.25) is 0 Å². The number of hydrogen-bond acceptors (Lipinski definition) is 5. The molecule has 0 aliphatic carbocycles. The minimum absolute atomic E-state index is 0.000925. The zero-order valence-electron chi connectivity index (χ0n) is 13.4. The highest BCUT2D eigenvalue weighted by Crippen LogP contribution is 2.44. The Balaban J connectivity index is 2.12. The first-order valence-electron chi connectivity index (χ1n) is 7.41. The van der Waals surface area contributed by atoms with Crippen LogP contribution >= 0.6 is 23.1 Å². The van der Waals surface area contributed by atoms with Gasteiger partial charge in [-0.25, -0.2) is 0 Å². The Hall–Kier alpha value is -2.18. The van der Waals surface area contributed by atoms with Gasteiger partial charge in [0.15, 0.2) is 5.13 Å². The van der Waals surface area contributed by atoms with E-state index in [0.717, 1.165) is 0 Å². The van der Waals surface area contributed by atoms with Crippen molar-refractivity contribution in [3.8, 4) is 11.8 Å². The molecule has 0 unspecified atom stereocenters. The van der Waals surface area contributed by atoms with Crippen LogP contribution in [0, 0.1) is 16.5 Å². The van der Waals surface area contributed by atoms with Crippen LogP contribution in [-0.2, 0) is 6.18 Å². The second kappa shape index (κ2) is 7.21. The lowest BCUT2D eigenvalue weighted by molar-refractivity contribution is -0.134. The van der Waals surface area contributed by atoms with Crippen molar-refractivity contribution in [1.29, 1.82) is 5.26 Å². The van der Waals surface area contributed by atoms with E-state index < -0.39 is 16.2 Å². The summed E-state index contributed by atoms with van der Waals surface area (Å²) in [5.74, 6) is 1.18. The Bertz CT molecular complexity index is 899. The van der Waals surface area contributed by atoms with E-state index in [1.807, 2.05) is 6.07 Å². The van der Waals surface area contributed by atoms with Crippen LogP contribution < -0.4 is 9.64 Å². The van der Waals surface area contributed by atoms with Gasteiger partial charge in [-0.1, -0.05) is 12.1 Å². The highest BCUT2D eigenvalue weighted by Gasteiger charge is 2.36. The third kappa shape index (κ3) is 3.39. The molecule has 0 bridgehead atoms. The van der Waals surface area contributed by atoms with Crippen molar-refractivity contribution in [3.05, 3.63) is 50.9 Å². The summed E-state index contributed by atoms with van der Waals surface area (Å²) < 4.78 is 58.1. The van der Waals surface area contributed by atoms with E-state index in [2.05, 4.69) is 0 Å². The SMILES string of the molecule is COc1ccccc1N1CCS/C1=C(\C#N)c1cc(C(F)(F)F)sc1F. The predicted molar refractivity (Wildman–Crippen MR) is 94.6 cm³/mol. The van der Waals surface area contributed by atoms with E-state index in [9.17, 15) is 22.8 Å². The molecule has 0 atom stereocenters. The normalized spacial score (nSPS) is 16.5. The lowest BCUT2D eigenvalue weighted by atomic mass is 10.1. The molecule has 26 heavy (non-hydrogen) atoms. The average molecular weight is 400 g/mol. The smallest absolute Gasteiger partial charge is 0.425 e. The third-order valence-electron chi connectivity index (χ3n) is 3.74. The monoisotopic (exact) mass is 400 g/mol. The van der Waals surface area contributed by atoms with Gasteiger partial charge < -0.3 is 9.64 Å². The molecule has 1 aliphatic rings. The van der Waals surface area contributed by atoms with Crippen molar-refractivity contribution in [1.82, 2.24) is 0 Å². The summed E-state index contributed by atoms with van der Waals surface area (Å²) in [4.78, 5) is 0.706. The number of thioether (sulfide) groups is 1. The van der Waals surface area contributed by atoms with E-state index in [-0.39, 0.29) is 22.5 Å². The molecular weight excluding hydrogens is 388 g/mol. The summed E-state index contributed by atoms with van der Waals surface area (Å²) in [6, 6.07) is 9.68. The van der Waals surface area contributed by atoms with Gasteiger partial charge in [-0.15, -0.1) is 23.1 Å². The van der Waals surface area contributed by atoms with Gasteiger partial charge in [-0.05, 0) is 18.2 Å². The largest absolute Gasteiger partial charge is 0.495 e. The number of ether oxygens (including phenoxy) is 1. The maximum absolute atomic E-state index is 14.2. The zero-order valence-corrected chi connectivity index (χ0v) is 15.1. The molecule has 0 N–H and O–H groups in total. The third-order valence-corrected chi connectivity index (χ3v) is 5.79. The summed E-state index contributed by atoms with van der Waals surface area (Å²) in [5, 5.41) is 8.94. The Morgan fingerprint density at radius 1 is 1.31 bits per heavy atom. The van der Waals surface area contributed by atoms with Crippen LogP contribution in [0.4, 0.5) is 23.2 Å². The Morgan fingerprint density at radius 2 is 2.04 bits per heavy atom. The average Bonchev–Trinajstić information content (AvgIpc) is 3.23. The minimum atomic E-state index is -4.65. The standard InChI is InChI=1S/C17H12F4N2OS2/c1-24-13-5-3-2-4-12(13)23-6-7-25-16(23)11(9-22)10-8-14(17(19,20)21)26-15(10)18/h2-5,8H,6-7H2,1H3/b16-11+. The number of para-hydroxylation sites is 2. The number of alkyl halides is 3. The number of methoxy groups -OCH3 is 1. The van der Waals surface area contributed by atoms with Crippen molar-refractivity contribution in [2.45, 2.75) is 6.18 Å². The Kier molecular flexibility index (Phi) is 5.16. The molecule has 2 heterocycles. The summed E-state index contributed by atoms with van der Waals surface area (Å²) in [7, 11) is 1.50. The van der Waals surface area contributed by atoms with Gasteiger partial charge in [0.05, 0.1) is 23.4 Å². The second-order valence-corrected chi connectivity index (χ2v) is 7.35. The van der Waals surface area contributed by atoms with Crippen LogP contribution in [0.25, 0.3) is 5.57 Å². The molecule has 1 fully saturated rings. The van der Waals surface area contributed by atoms with E-state index in [0.29, 0.717) is 34.8 Å². The van der Waals surface area contributed by atoms with Gasteiger partial charge in [0.1, 0.15) is 16.7 Å². The molecule has 3 rings (SSSR count). The molecule has 1 aromatic heterocycles.